The van der Waals surface area contributed by atoms with Crippen LogP contribution in [0.4, 0.5) is 29.6 Å². The fourth-order valence-electron chi connectivity index (χ4n) is 2.88. The minimum atomic E-state index is -4.50. The van der Waals surface area contributed by atoms with Gasteiger partial charge in [0.05, 0.1) is 0 Å². The number of aromatic nitrogens is 4. The Morgan fingerprint density at radius 2 is 2.19 bits per heavy atom. The van der Waals surface area contributed by atoms with E-state index < -0.39 is 24.4 Å². The molecule has 27 heavy (non-hydrogen) atoms. The number of nitrogens with zero attached hydrogens (tertiary/aromatic N) is 3. The van der Waals surface area contributed by atoms with E-state index in [1.54, 1.807) is 23.6 Å². The topological polar surface area (TPSA) is 105 Å². The maximum atomic E-state index is 12.5. The van der Waals surface area contributed by atoms with E-state index in [1.807, 2.05) is 6.07 Å². The number of H-pyrrole nitrogens is 1. The van der Waals surface area contributed by atoms with E-state index in [9.17, 15) is 18.0 Å². The molecular weight excluding hydrogens is 365 g/mol. The number of carbonyl (C=O) groups excluding carboxylic acids is 1. The first-order valence-corrected chi connectivity index (χ1v) is 8.45. The second kappa shape index (κ2) is 7.80. The van der Waals surface area contributed by atoms with Crippen molar-refractivity contribution in [2.75, 3.05) is 5.32 Å². The number of rotatable bonds is 5. The van der Waals surface area contributed by atoms with Crippen LogP contribution in [0.1, 0.15) is 37.8 Å². The molecule has 3 rings (SSSR count). The number of alkyl halides is 3. The minimum absolute atomic E-state index is 0.0766. The van der Waals surface area contributed by atoms with E-state index in [1.165, 1.54) is 0 Å². The largest absolute Gasteiger partial charge is 0.446 e. The molecule has 0 aromatic carbocycles. The lowest BCUT2D eigenvalue weighted by Gasteiger charge is -2.19. The maximum absolute atomic E-state index is 12.5. The van der Waals surface area contributed by atoms with Crippen molar-refractivity contribution in [1.29, 1.82) is 0 Å². The van der Waals surface area contributed by atoms with Crippen molar-refractivity contribution in [3.05, 3.63) is 30.1 Å². The van der Waals surface area contributed by atoms with Crippen molar-refractivity contribution in [3.63, 3.8) is 0 Å². The third-order valence-electron chi connectivity index (χ3n) is 4.35. The van der Waals surface area contributed by atoms with Crippen molar-refractivity contribution < 1.29 is 22.7 Å². The second-order valence-electron chi connectivity index (χ2n) is 6.39. The Balaban J connectivity index is 1.50. The highest BCUT2D eigenvalue weighted by Gasteiger charge is 2.38. The molecule has 0 aliphatic heterocycles. The van der Waals surface area contributed by atoms with Crippen molar-refractivity contribution in [1.82, 2.24) is 25.7 Å². The van der Waals surface area contributed by atoms with E-state index in [2.05, 4.69) is 25.7 Å². The second-order valence-corrected chi connectivity index (χ2v) is 6.39. The molecule has 0 unspecified atom stereocenters. The smallest absolute Gasteiger partial charge is 0.408 e. The first kappa shape index (κ1) is 18.9. The Kier molecular flexibility index (Phi) is 5.47. The molecule has 3 atom stereocenters. The molecule has 1 fully saturated rings. The standard InChI is InChI=1S/C16H19F3N6O2/c1-9(16(17,18)19)21-15(26)27-11-5-4-10(7-11)12-8-14(25-23-12)22-13-3-2-6-20-24-13/h2-3,6,8-11H,4-5,7H2,1H3,(H,21,26)(H2,22,23,24,25)/t9-,10-,11+/m0/s1. The van der Waals surface area contributed by atoms with Gasteiger partial charge in [0.2, 0.25) is 0 Å². The number of anilines is 2. The van der Waals surface area contributed by atoms with Crippen LogP contribution in [-0.2, 0) is 4.74 Å². The molecule has 146 valence electrons. The minimum Gasteiger partial charge on any atom is -0.446 e. The predicted octanol–water partition coefficient (Wildman–Crippen LogP) is 3.26. The number of hydrogen-bond acceptors (Lipinski definition) is 6. The molecule has 2 heterocycles. The predicted molar refractivity (Wildman–Crippen MR) is 89.4 cm³/mol. The molecule has 0 spiro atoms. The van der Waals surface area contributed by atoms with Crippen LogP contribution in [0.5, 0.6) is 0 Å². The third-order valence-corrected chi connectivity index (χ3v) is 4.35. The Morgan fingerprint density at radius 3 is 2.89 bits per heavy atom. The summed E-state index contributed by atoms with van der Waals surface area (Å²) in [6, 6.07) is 3.37. The summed E-state index contributed by atoms with van der Waals surface area (Å²) < 4.78 is 42.5. The van der Waals surface area contributed by atoms with E-state index in [-0.39, 0.29) is 5.92 Å². The van der Waals surface area contributed by atoms with Gasteiger partial charge in [-0.2, -0.15) is 23.4 Å². The summed E-state index contributed by atoms with van der Waals surface area (Å²) in [5, 5.41) is 19.6. The zero-order valence-corrected chi connectivity index (χ0v) is 14.5. The average molecular weight is 384 g/mol. The van der Waals surface area contributed by atoms with E-state index in [0.717, 1.165) is 19.0 Å². The van der Waals surface area contributed by atoms with E-state index in [4.69, 9.17) is 4.74 Å². The Hall–Kier alpha value is -2.85. The number of hydrogen-bond donors (Lipinski definition) is 3. The molecular formula is C16H19F3N6O2. The number of ether oxygens (including phenoxy) is 1. The van der Waals surface area contributed by atoms with Crippen LogP contribution in [0, 0.1) is 0 Å². The quantitative estimate of drug-likeness (QED) is 0.731. The van der Waals surface area contributed by atoms with Gasteiger partial charge in [-0.25, -0.2) is 4.79 Å². The van der Waals surface area contributed by atoms with Crippen molar-refractivity contribution in [3.8, 4) is 0 Å². The molecule has 0 saturated heterocycles. The highest BCUT2D eigenvalue weighted by Crippen LogP contribution is 2.36. The lowest BCUT2D eigenvalue weighted by Crippen LogP contribution is -2.44. The number of amides is 1. The zero-order valence-electron chi connectivity index (χ0n) is 14.5. The third kappa shape index (κ3) is 5.08. The number of halogens is 3. The van der Waals surface area contributed by atoms with Crippen LogP contribution < -0.4 is 10.6 Å². The fourth-order valence-corrected chi connectivity index (χ4v) is 2.88. The average Bonchev–Trinajstić information content (AvgIpc) is 3.24. The lowest BCUT2D eigenvalue weighted by molar-refractivity contribution is -0.150. The van der Waals surface area contributed by atoms with Gasteiger partial charge in [0.15, 0.2) is 11.6 Å². The Bertz CT molecular complexity index is 767. The van der Waals surface area contributed by atoms with Crippen LogP contribution in [0.2, 0.25) is 0 Å². The Morgan fingerprint density at radius 1 is 1.37 bits per heavy atom. The van der Waals surface area contributed by atoms with Crippen LogP contribution in [0.25, 0.3) is 0 Å². The number of aromatic amines is 1. The van der Waals surface area contributed by atoms with Crippen LogP contribution in [0.3, 0.4) is 0 Å². The summed E-state index contributed by atoms with van der Waals surface area (Å²) in [5.74, 6) is 1.21. The molecule has 1 aliphatic carbocycles. The SMILES string of the molecule is C[C@H](NC(=O)O[C@@H]1CC[C@H](c2cc(Nc3cccnn3)n[nH]2)C1)C(F)(F)F. The molecule has 1 amide bonds. The molecule has 11 heteroatoms. The van der Waals surface area contributed by atoms with E-state index in [0.29, 0.717) is 24.5 Å². The molecule has 1 saturated carbocycles. The highest BCUT2D eigenvalue weighted by atomic mass is 19.4. The van der Waals surface area contributed by atoms with Gasteiger partial charge in [-0.05, 0) is 38.3 Å². The van der Waals surface area contributed by atoms with Gasteiger partial charge in [-0.15, -0.1) is 5.10 Å². The molecule has 0 bridgehead atoms. The van der Waals surface area contributed by atoms with Gasteiger partial charge in [0.1, 0.15) is 12.1 Å². The first-order valence-electron chi connectivity index (χ1n) is 8.45. The summed E-state index contributed by atoms with van der Waals surface area (Å²) in [4.78, 5) is 11.6. The van der Waals surface area contributed by atoms with Gasteiger partial charge < -0.3 is 15.4 Å². The monoisotopic (exact) mass is 384 g/mol. The van der Waals surface area contributed by atoms with Gasteiger partial charge in [-0.3, -0.25) is 5.10 Å². The van der Waals surface area contributed by atoms with Crippen LogP contribution in [0.15, 0.2) is 24.4 Å². The first-order chi connectivity index (χ1) is 12.8. The fraction of sp³-hybridized carbons (Fsp3) is 0.500. The molecule has 8 nitrogen and oxygen atoms in total. The van der Waals surface area contributed by atoms with Crippen LogP contribution >= 0.6 is 0 Å². The van der Waals surface area contributed by atoms with Crippen molar-refractivity contribution >= 4 is 17.7 Å². The number of alkyl carbamates (subject to hydrolysis) is 1. The molecule has 1 aliphatic rings. The van der Waals surface area contributed by atoms with Gasteiger partial charge in [0, 0.05) is 23.9 Å². The maximum Gasteiger partial charge on any atom is 0.408 e. The van der Waals surface area contributed by atoms with Gasteiger partial charge in [-0.1, -0.05) is 0 Å². The normalized spacial score (nSPS) is 20.9. The summed E-state index contributed by atoms with van der Waals surface area (Å²) >= 11 is 0. The summed E-state index contributed by atoms with van der Waals surface area (Å²) in [5.41, 5.74) is 0.858. The molecule has 2 aromatic rings. The van der Waals surface area contributed by atoms with Gasteiger partial charge in [0.25, 0.3) is 0 Å². The number of carbonyl (C=O) groups is 1. The van der Waals surface area contributed by atoms with Crippen LogP contribution in [-0.4, -0.2) is 44.8 Å². The summed E-state index contributed by atoms with van der Waals surface area (Å²) in [7, 11) is 0. The van der Waals surface area contributed by atoms with Crippen molar-refractivity contribution in [2.24, 2.45) is 0 Å². The van der Waals surface area contributed by atoms with Crippen molar-refractivity contribution in [2.45, 2.75) is 50.4 Å². The molecule has 2 aromatic heterocycles. The zero-order chi connectivity index (χ0) is 19.4. The highest BCUT2D eigenvalue weighted by molar-refractivity contribution is 5.67. The summed E-state index contributed by atoms with van der Waals surface area (Å²) in [6.07, 6.45) is -2.61. The summed E-state index contributed by atoms with van der Waals surface area (Å²) in [6.45, 7) is 0.870. The molecule has 3 N–H and O–H groups in total. The van der Waals surface area contributed by atoms with Gasteiger partial charge >= 0.3 is 12.3 Å². The lowest BCUT2D eigenvalue weighted by atomic mass is 10.0. The Labute approximate surface area is 152 Å². The van der Waals surface area contributed by atoms with E-state index >= 15 is 0 Å². The molecule has 0 radical (unpaired) electrons. The number of nitrogens with one attached hydrogen (secondary N) is 3.